The summed E-state index contributed by atoms with van der Waals surface area (Å²) < 4.78 is 12.9. The second-order valence-corrected chi connectivity index (χ2v) is 3.24. The van der Waals surface area contributed by atoms with Crippen LogP contribution in [0.5, 0.6) is 0 Å². The highest BCUT2D eigenvalue weighted by atomic mass is 35.5. The minimum absolute atomic E-state index is 0. The van der Waals surface area contributed by atoms with Crippen LogP contribution in [-0.2, 0) is 0 Å². The summed E-state index contributed by atoms with van der Waals surface area (Å²) in [6, 6.07) is 0. The Kier molecular flexibility index (Phi) is 4.83. The van der Waals surface area contributed by atoms with E-state index in [4.69, 9.17) is 17.3 Å². The van der Waals surface area contributed by atoms with E-state index in [0.717, 1.165) is 12.0 Å². The Bertz CT molecular complexity index is 199. The average Bonchev–Trinajstić information content (AvgIpc) is 1.94. The molecule has 0 aromatic heterocycles. The molecule has 12 heavy (non-hydrogen) atoms. The van der Waals surface area contributed by atoms with Gasteiger partial charge in [-0.2, -0.15) is 0 Å². The summed E-state index contributed by atoms with van der Waals surface area (Å²) in [5.41, 5.74) is 6.40. The van der Waals surface area contributed by atoms with Gasteiger partial charge in [-0.25, -0.2) is 4.39 Å². The number of hydrogen-bond acceptors (Lipinski definition) is 1. The molecule has 1 rings (SSSR count). The van der Waals surface area contributed by atoms with Crippen molar-refractivity contribution in [3.63, 3.8) is 0 Å². The van der Waals surface area contributed by atoms with Gasteiger partial charge in [-0.15, -0.1) is 12.4 Å². The van der Waals surface area contributed by atoms with E-state index in [1.54, 1.807) is 12.2 Å². The number of nitrogens with two attached hydrogens (primary N) is 1. The van der Waals surface area contributed by atoms with Crippen LogP contribution in [0.2, 0.25) is 0 Å². The summed E-state index contributed by atoms with van der Waals surface area (Å²) >= 11 is 5.41. The van der Waals surface area contributed by atoms with Crippen molar-refractivity contribution in [2.75, 3.05) is 6.54 Å². The summed E-state index contributed by atoms with van der Waals surface area (Å²) in [4.78, 5) is 0. The van der Waals surface area contributed by atoms with Crippen LogP contribution in [0.1, 0.15) is 12.8 Å². The van der Waals surface area contributed by atoms with Crippen LogP contribution in [0, 0.1) is 0 Å². The molecular formula is C8H12Cl2FN. The molecule has 1 unspecified atom stereocenters. The predicted molar refractivity (Wildman–Crippen MR) is 52.5 cm³/mol. The van der Waals surface area contributed by atoms with Gasteiger partial charge in [0.1, 0.15) is 0 Å². The highest BCUT2D eigenvalue weighted by molar-refractivity contribution is 6.24. The predicted octanol–water partition coefficient (Wildman–Crippen LogP) is 2.55. The first kappa shape index (κ1) is 11.9. The summed E-state index contributed by atoms with van der Waals surface area (Å²) in [5, 5.41) is -1.67. The van der Waals surface area contributed by atoms with E-state index in [0.29, 0.717) is 6.54 Å². The van der Waals surface area contributed by atoms with Crippen LogP contribution in [0.3, 0.4) is 0 Å². The van der Waals surface area contributed by atoms with Crippen molar-refractivity contribution in [1.82, 2.24) is 0 Å². The molecular weight excluding hydrogens is 200 g/mol. The lowest BCUT2D eigenvalue weighted by atomic mass is 10.0. The van der Waals surface area contributed by atoms with Gasteiger partial charge in [-0.3, -0.25) is 0 Å². The molecule has 0 radical (unpaired) electrons. The molecule has 0 aromatic rings. The second-order valence-electron chi connectivity index (χ2n) is 2.62. The van der Waals surface area contributed by atoms with Gasteiger partial charge in [-0.1, -0.05) is 29.3 Å². The van der Waals surface area contributed by atoms with Gasteiger partial charge in [0.15, 0.2) is 0 Å². The lowest BCUT2D eigenvalue weighted by molar-refractivity contribution is 0.346. The molecule has 4 heteroatoms. The number of halogens is 3. The first-order valence-corrected chi connectivity index (χ1v) is 3.98. The Morgan fingerprint density at radius 1 is 1.67 bits per heavy atom. The molecule has 0 amide bonds. The molecule has 1 aliphatic carbocycles. The Balaban J connectivity index is 0.00000121. The van der Waals surface area contributed by atoms with Gasteiger partial charge in [-0.05, 0) is 19.0 Å². The zero-order valence-electron chi connectivity index (χ0n) is 6.59. The minimum Gasteiger partial charge on any atom is -0.330 e. The third-order valence-electron chi connectivity index (χ3n) is 1.61. The molecule has 0 fully saturated rings. The van der Waals surface area contributed by atoms with Gasteiger partial charge < -0.3 is 5.73 Å². The Morgan fingerprint density at radius 3 is 2.75 bits per heavy atom. The number of rotatable bonds is 2. The maximum absolute atomic E-state index is 12.9. The van der Waals surface area contributed by atoms with E-state index in [9.17, 15) is 4.39 Å². The van der Waals surface area contributed by atoms with E-state index in [2.05, 4.69) is 0 Å². The van der Waals surface area contributed by atoms with Crippen molar-refractivity contribution in [2.45, 2.75) is 18.0 Å². The average molecular weight is 212 g/mol. The van der Waals surface area contributed by atoms with Gasteiger partial charge in [0, 0.05) is 6.42 Å². The SMILES string of the molecule is Cl.NCCC1=CCC(F)(Cl)C=C1. The number of allylic oxidation sites excluding steroid dienone is 3. The first-order valence-electron chi connectivity index (χ1n) is 3.60. The lowest BCUT2D eigenvalue weighted by Gasteiger charge is -2.15. The third-order valence-corrected chi connectivity index (χ3v) is 1.89. The molecule has 0 heterocycles. The summed E-state index contributed by atoms with van der Waals surface area (Å²) in [5.74, 6) is 0. The van der Waals surface area contributed by atoms with Gasteiger partial charge >= 0.3 is 0 Å². The third kappa shape index (κ3) is 3.57. The normalized spacial score (nSPS) is 27.8. The Hall–Kier alpha value is -0.0500. The lowest BCUT2D eigenvalue weighted by Crippen LogP contribution is -2.12. The molecule has 0 aliphatic heterocycles. The van der Waals surface area contributed by atoms with Crippen molar-refractivity contribution in [3.05, 3.63) is 23.8 Å². The fourth-order valence-electron chi connectivity index (χ4n) is 0.984. The fraction of sp³-hybridized carbons (Fsp3) is 0.500. The van der Waals surface area contributed by atoms with E-state index < -0.39 is 5.13 Å². The van der Waals surface area contributed by atoms with E-state index in [-0.39, 0.29) is 18.8 Å². The number of hydrogen-bond donors (Lipinski definition) is 1. The Morgan fingerprint density at radius 2 is 2.33 bits per heavy atom. The quantitative estimate of drug-likeness (QED) is 0.699. The van der Waals surface area contributed by atoms with Crippen molar-refractivity contribution in [2.24, 2.45) is 5.73 Å². The first-order chi connectivity index (χ1) is 5.14. The molecule has 0 aromatic carbocycles. The maximum atomic E-state index is 12.9. The van der Waals surface area contributed by atoms with Crippen molar-refractivity contribution < 1.29 is 4.39 Å². The van der Waals surface area contributed by atoms with Crippen molar-refractivity contribution in [1.29, 1.82) is 0 Å². The maximum Gasteiger partial charge on any atom is 0.205 e. The molecule has 1 nitrogen and oxygen atoms in total. The summed E-state index contributed by atoms with van der Waals surface area (Å²) in [7, 11) is 0. The Labute approximate surface area is 82.9 Å². The molecule has 0 bridgehead atoms. The van der Waals surface area contributed by atoms with Crippen LogP contribution >= 0.6 is 24.0 Å². The molecule has 1 aliphatic rings. The second kappa shape index (κ2) is 4.85. The smallest absolute Gasteiger partial charge is 0.205 e. The van der Waals surface area contributed by atoms with Crippen LogP contribution in [0.25, 0.3) is 0 Å². The van der Waals surface area contributed by atoms with Crippen LogP contribution < -0.4 is 5.73 Å². The zero-order valence-corrected chi connectivity index (χ0v) is 8.17. The van der Waals surface area contributed by atoms with Crippen molar-refractivity contribution in [3.8, 4) is 0 Å². The van der Waals surface area contributed by atoms with Gasteiger partial charge in [0.2, 0.25) is 5.13 Å². The molecule has 2 N–H and O–H groups in total. The van der Waals surface area contributed by atoms with E-state index in [1.165, 1.54) is 6.08 Å². The van der Waals surface area contributed by atoms with Crippen molar-refractivity contribution >= 4 is 24.0 Å². The van der Waals surface area contributed by atoms with Gasteiger partial charge in [0.05, 0.1) is 0 Å². The molecule has 1 atom stereocenters. The molecule has 0 saturated heterocycles. The van der Waals surface area contributed by atoms with E-state index >= 15 is 0 Å². The zero-order chi connectivity index (χ0) is 8.32. The molecule has 0 saturated carbocycles. The minimum atomic E-state index is -1.67. The number of alkyl halides is 2. The molecule has 70 valence electrons. The molecule has 0 spiro atoms. The van der Waals surface area contributed by atoms with E-state index in [1.807, 2.05) is 0 Å². The highest BCUT2D eigenvalue weighted by Gasteiger charge is 2.23. The monoisotopic (exact) mass is 211 g/mol. The largest absolute Gasteiger partial charge is 0.330 e. The van der Waals surface area contributed by atoms with Crippen LogP contribution in [0.15, 0.2) is 23.8 Å². The van der Waals surface area contributed by atoms with Gasteiger partial charge in [0.25, 0.3) is 0 Å². The highest BCUT2D eigenvalue weighted by Crippen LogP contribution is 2.29. The van der Waals surface area contributed by atoms with Crippen LogP contribution in [-0.4, -0.2) is 11.7 Å². The topological polar surface area (TPSA) is 26.0 Å². The van der Waals surface area contributed by atoms with Crippen LogP contribution in [0.4, 0.5) is 4.39 Å². The summed E-state index contributed by atoms with van der Waals surface area (Å²) in [6.07, 6.45) is 5.91. The fourth-order valence-corrected chi connectivity index (χ4v) is 1.12. The summed E-state index contributed by atoms with van der Waals surface area (Å²) in [6.45, 7) is 0.595. The standard InChI is InChI=1S/C8H11ClFN.ClH/c9-8(10)4-1-7(2-5-8)3-6-11;/h1-2,4H,3,5-6,11H2;1H.